The number of nitrogens with zero attached hydrogens (tertiary/aromatic N) is 1. The summed E-state index contributed by atoms with van der Waals surface area (Å²) >= 11 is 5.34. The Bertz CT molecular complexity index is 594. The van der Waals surface area contributed by atoms with Gasteiger partial charge in [-0.15, -0.1) is 11.3 Å². The van der Waals surface area contributed by atoms with Crippen molar-refractivity contribution in [2.75, 3.05) is 12.3 Å². The molecular formula is C15H17BrN2S. The van der Waals surface area contributed by atoms with E-state index in [0.29, 0.717) is 6.04 Å². The Balaban J connectivity index is 1.81. The Hall–Kier alpha value is -0.840. The van der Waals surface area contributed by atoms with Crippen molar-refractivity contribution >= 4 is 33.0 Å². The minimum absolute atomic E-state index is 0.484. The molecule has 1 atom stereocenters. The molecule has 0 bridgehead atoms. The zero-order valence-corrected chi connectivity index (χ0v) is 13.3. The molecule has 2 nitrogen and oxygen atoms in total. The molecule has 0 amide bonds. The molecule has 0 fully saturated rings. The van der Waals surface area contributed by atoms with E-state index in [-0.39, 0.29) is 0 Å². The highest BCUT2D eigenvalue weighted by molar-refractivity contribution is 9.10. The molecule has 1 aromatic heterocycles. The molecule has 2 heterocycles. The topological polar surface area (TPSA) is 29.3 Å². The first-order valence-electron chi connectivity index (χ1n) is 6.49. The monoisotopic (exact) mass is 336 g/mol. The highest BCUT2D eigenvalue weighted by Crippen LogP contribution is 2.34. The van der Waals surface area contributed by atoms with E-state index in [2.05, 4.69) is 51.3 Å². The van der Waals surface area contributed by atoms with Crippen LogP contribution in [0.3, 0.4) is 0 Å². The summed E-state index contributed by atoms with van der Waals surface area (Å²) in [6.45, 7) is 4.33. The summed E-state index contributed by atoms with van der Waals surface area (Å²) in [7, 11) is 0. The lowest BCUT2D eigenvalue weighted by atomic mass is 10.0. The van der Waals surface area contributed by atoms with Crippen molar-refractivity contribution in [3.8, 4) is 0 Å². The molecule has 1 aromatic carbocycles. The molecule has 0 aliphatic carbocycles. The largest absolute Gasteiger partial charge is 0.398 e. The molecule has 1 aliphatic heterocycles. The van der Waals surface area contributed by atoms with Crippen LogP contribution in [0.4, 0.5) is 5.69 Å². The fourth-order valence-corrected chi connectivity index (χ4v) is 4.05. The SMILES string of the molecule is CC1c2ccsc2CCN1Cc1ccc(Br)cc1N. The van der Waals surface area contributed by atoms with E-state index in [4.69, 9.17) is 5.73 Å². The summed E-state index contributed by atoms with van der Waals surface area (Å²) in [6, 6.07) is 8.92. The van der Waals surface area contributed by atoms with E-state index in [1.54, 1.807) is 4.88 Å². The zero-order chi connectivity index (χ0) is 13.4. The standard InChI is InChI=1S/C15H17BrN2S/c1-10-13-5-7-19-15(13)4-6-18(10)9-11-2-3-12(16)8-14(11)17/h2-3,5,7-8,10H,4,6,9,17H2,1H3. The van der Waals surface area contributed by atoms with Crippen molar-refractivity contribution in [3.63, 3.8) is 0 Å². The highest BCUT2D eigenvalue weighted by Gasteiger charge is 2.24. The molecule has 1 aliphatic rings. The first-order valence-corrected chi connectivity index (χ1v) is 8.16. The second kappa shape index (κ2) is 5.27. The third-order valence-corrected chi connectivity index (χ3v) is 5.37. The van der Waals surface area contributed by atoms with Gasteiger partial charge in [0.25, 0.3) is 0 Å². The van der Waals surface area contributed by atoms with Crippen LogP contribution in [0.15, 0.2) is 34.1 Å². The zero-order valence-electron chi connectivity index (χ0n) is 10.9. The van der Waals surface area contributed by atoms with Crippen LogP contribution in [-0.2, 0) is 13.0 Å². The number of fused-ring (bicyclic) bond motifs is 1. The van der Waals surface area contributed by atoms with E-state index in [0.717, 1.165) is 29.7 Å². The van der Waals surface area contributed by atoms with Crippen molar-refractivity contribution in [1.29, 1.82) is 0 Å². The van der Waals surface area contributed by atoms with Gasteiger partial charge < -0.3 is 5.73 Å². The first-order chi connectivity index (χ1) is 9.15. The van der Waals surface area contributed by atoms with Gasteiger partial charge in [-0.05, 0) is 48.1 Å². The lowest BCUT2D eigenvalue weighted by Gasteiger charge is -2.33. The number of hydrogen-bond acceptors (Lipinski definition) is 3. The second-order valence-electron chi connectivity index (χ2n) is 5.04. The number of benzene rings is 1. The number of anilines is 1. The van der Waals surface area contributed by atoms with Crippen molar-refractivity contribution < 1.29 is 0 Å². The number of nitrogen functional groups attached to an aromatic ring is 1. The van der Waals surface area contributed by atoms with Crippen LogP contribution < -0.4 is 5.73 Å². The Labute approximate surface area is 126 Å². The predicted octanol–water partition coefficient (Wildman–Crippen LogP) is 4.21. The van der Waals surface area contributed by atoms with Crippen LogP contribution in [0.1, 0.15) is 29.0 Å². The fourth-order valence-electron chi connectivity index (χ4n) is 2.71. The third-order valence-electron chi connectivity index (χ3n) is 3.89. The lowest BCUT2D eigenvalue weighted by molar-refractivity contribution is 0.192. The summed E-state index contributed by atoms with van der Waals surface area (Å²) in [5.74, 6) is 0. The predicted molar refractivity (Wildman–Crippen MR) is 85.4 cm³/mol. The number of rotatable bonds is 2. The van der Waals surface area contributed by atoms with Crippen molar-refractivity contribution in [2.45, 2.75) is 25.9 Å². The van der Waals surface area contributed by atoms with Gasteiger partial charge in [-0.2, -0.15) is 0 Å². The smallest absolute Gasteiger partial charge is 0.0371 e. The average Bonchev–Trinajstić information content (AvgIpc) is 2.85. The molecule has 100 valence electrons. The summed E-state index contributed by atoms with van der Waals surface area (Å²) in [5, 5.41) is 2.21. The second-order valence-corrected chi connectivity index (χ2v) is 6.96. The van der Waals surface area contributed by atoms with Crippen LogP contribution >= 0.6 is 27.3 Å². The Morgan fingerprint density at radius 2 is 2.26 bits per heavy atom. The van der Waals surface area contributed by atoms with E-state index < -0.39 is 0 Å². The minimum atomic E-state index is 0.484. The Morgan fingerprint density at radius 3 is 3.05 bits per heavy atom. The van der Waals surface area contributed by atoms with E-state index in [9.17, 15) is 0 Å². The maximum Gasteiger partial charge on any atom is 0.0371 e. The molecule has 4 heteroatoms. The van der Waals surface area contributed by atoms with Crippen LogP contribution in [0.25, 0.3) is 0 Å². The minimum Gasteiger partial charge on any atom is -0.398 e. The van der Waals surface area contributed by atoms with Gasteiger partial charge in [0.15, 0.2) is 0 Å². The molecule has 19 heavy (non-hydrogen) atoms. The number of hydrogen-bond donors (Lipinski definition) is 1. The fraction of sp³-hybridized carbons (Fsp3) is 0.333. The summed E-state index contributed by atoms with van der Waals surface area (Å²) in [4.78, 5) is 4.06. The molecule has 1 unspecified atom stereocenters. The summed E-state index contributed by atoms with van der Waals surface area (Å²) in [6.07, 6.45) is 1.16. The van der Waals surface area contributed by atoms with E-state index >= 15 is 0 Å². The number of nitrogens with two attached hydrogens (primary N) is 1. The van der Waals surface area contributed by atoms with Gasteiger partial charge in [0.1, 0.15) is 0 Å². The summed E-state index contributed by atoms with van der Waals surface area (Å²) < 4.78 is 1.04. The van der Waals surface area contributed by atoms with Gasteiger partial charge in [0.2, 0.25) is 0 Å². The average molecular weight is 337 g/mol. The van der Waals surface area contributed by atoms with Crippen molar-refractivity contribution in [1.82, 2.24) is 4.90 Å². The number of halogens is 1. The molecular weight excluding hydrogens is 320 g/mol. The van der Waals surface area contributed by atoms with Gasteiger partial charge in [-0.3, -0.25) is 4.90 Å². The van der Waals surface area contributed by atoms with Crippen LogP contribution in [0, 0.1) is 0 Å². The van der Waals surface area contributed by atoms with Crippen molar-refractivity contribution in [3.05, 3.63) is 50.1 Å². The first kappa shape index (κ1) is 13.2. The van der Waals surface area contributed by atoms with Crippen LogP contribution in [0.2, 0.25) is 0 Å². The Morgan fingerprint density at radius 1 is 1.42 bits per heavy atom. The Kier molecular flexibility index (Phi) is 3.65. The van der Waals surface area contributed by atoms with Gasteiger partial charge in [0, 0.05) is 34.2 Å². The quantitative estimate of drug-likeness (QED) is 0.832. The normalized spacial score (nSPS) is 19.4. The molecule has 2 N–H and O–H groups in total. The molecule has 3 rings (SSSR count). The van der Waals surface area contributed by atoms with Gasteiger partial charge >= 0.3 is 0 Å². The molecule has 0 spiro atoms. The van der Waals surface area contributed by atoms with Gasteiger partial charge in [-0.25, -0.2) is 0 Å². The van der Waals surface area contributed by atoms with Crippen LogP contribution in [0.5, 0.6) is 0 Å². The maximum atomic E-state index is 6.10. The molecule has 0 saturated carbocycles. The third kappa shape index (κ3) is 2.57. The van der Waals surface area contributed by atoms with Crippen LogP contribution in [-0.4, -0.2) is 11.4 Å². The van der Waals surface area contributed by atoms with E-state index in [1.807, 2.05) is 17.4 Å². The lowest BCUT2D eigenvalue weighted by Crippen LogP contribution is -2.32. The highest BCUT2D eigenvalue weighted by atomic mass is 79.9. The molecule has 0 radical (unpaired) electrons. The summed E-state index contributed by atoms with van der Waals surface area (Å²) in [5.41, 5.74) is 9.69. The van der Waals surface area contributed by atoms with E-state index in [1.165, 1.54) is 11.1 Å². The van der Waals surface area contributed by atoms with Gasteiger partial charge in [-0.1, -0.05) is 22.0 Å². The molecule has 2 aromatic rings. The maximum absolute atomic E-state index is 6.10. The van der Waals surface area contributed by atoms with Gasteiger partial charge in [0.05, 0.1) is 0 Å². The molecule has 0 saturated heterocycles. The van der Waals surface area contributed by atoms with Crippen molar-refractivity contribution in [2.24, 2.45) is 0 Å². The number of thiophene rings is 1.